The molecule has 0 bridgehead atoms. The topological polar surface area (TPSA) is 29.5 Å². The van der Waals surface area contributed by atoms with Crippen LogP contribution >= 0.6 is 0 Å². The SMILES string of the molecule is CCCC=CCC[C@@H](C(=O)OCc1ccccc1)N(Cc1ccccc1)Cc1ccccc1. The summed E-state index contributed by atoms with van der Waals surface area (Å²) in [5, 5.41) is 0. The molecule has 0 unspecified atom stereocenters. The van der Waals surface area contributed by atoms with Crippen LogP contribution in [0.15, 0.2) is 103 Å². The Morgan fingerprint density at radius 1 is 0.758 bits per heavy atom. The van der Waals surface area contributed by atoms with Crippen LogP contribution in [-0.2, 0) is 29.2 Å². The Morgan fingerprint density at radius 2 is 1.24 bits per heavy atom. The minimum absolute atomic E-state index is 0.158. The van der Waals surface area contributed by atoms with Gasteiger partial charge in [-0.15, -0.1) is 0 Å². The van der Waals surface area contributed by atoms with E-state index in [9.17, 15) is 4.79 Å². The molecular weight excluding hydrogens is 406 g/mol. The van der Waals surface area contributed by atoms with Gasteiger partial charge in [-0.1, -0.05) is 116 Å². The van der Waals surface area contributed by atoms with E-state index in [1.54, 1.807) is 0 Å². The van der Waals surface area contributed by atoms with E-state index in [-0.39, 0.29) is 12.0 Å². The lowest BCUT2D eigenvalue weighted by atomic mass is 10.1. The third kappa shape index (κ3) is 8.70. The lowest BCUT2D eigenvalue weighted by molar-refractivity contribution is -0.152. The van der Waals surface area contributed by atoms with Crippen LogP contribution in [-0.4, -0.2) is 16.9 Å². The van der Waals surface area contributed by atoms with Gasteiger partial charge in [-0.05, 0) is 36.0 Å². The number of benzene rings is 3. The molecule has 0 fully saturated rings. The highest BCUT2D eigenvalue weighted by Gasteiger charge is 2.27. The molecule has 3 rings (SSSR count). The lowest BCUT2D eigenvalue weighted by Crippen LogP contribution is -2.41. The molecular formula is C30H35NO2. The molecule has 0 saturated carbocycles. The molecule has 3 aromatic carbocycles. The van der Waals surface area contributed by atoms with Gasteiger partial charge in [0.05, 0.1) is 0 Å². The Morgan fingerprint density at radius 3 is 1.76 bits per heavy atom. The van der Waals surface area contributed by atoms with Gasteiger partial charge < -0.3 is 4.74 Å². The van der Waals surface area contributed by atoms with Gasteiger partial charge in [-0.2, -0.15) is 0 Å². The first-order valence-electron chi connectivity index (χ1n) is 11.9. The van der Waals surface area contributed by atoms with E-state index in [0.29, 0.717) is 19.7 Å². The van der Waals surface area contributed by atoms with Crippen LogP contribution in [0.4, 0.5) is 0 Å². The monoisotopic (exact) mass is 441 g/mol. The summed E-state index contributed by atoms with van der Waals surface area (Å²) >= 11 is 0. The van der Waals surface area contributed by atoms with E-state index >= 15 is 0 Å². The van der Waals surface area contributed by atoms with Crippen LogP contribution in [0.3, 0.4) is 0 Å². The average Bonchev–Trinajstić information content (AvgIpc) is 2.86. The van der Waals surface area contributed by atoms with Gasteiger partial charge in [0.2, 0.25) is 0 Å². The average molecular weight is 442 g/mol. The first-order chi connectivity index (χ1) is 16.3. The third-order valence-corrected chi connectivity index (χ3v) is 5.62. The Hall–Kier alpha value is -3.17. The van der Waals surface area contributed by atoms with E-state index in [1.807, 2.05) is 66.7 Å². The second-order valence-corrected chi connectivity index (χ2v) is 8.32. The Bertz CT molecular complexity index is 913. The maximum absolute atomic E-state index is 13.4. The summed E-state index contributed by atoms with van der Waals surface area (Å²) in [6, 6.07) is 30.3. The van der Waals surface area contributed by atoms with Gasteiger partial charge in [0, 0.05) is 13.1 Å². The number of esters is 1. The summed E-state index contributed by atoms with van der Waals surface area (Å²) in [7, 11) is 0. The van der Waals surface area contributed by atoms with Crippen molar-refractivity contribution in [3.05, 3.63) is 120 Å². The highest BCUT2D eigenvalue weighted by Crippen LogP contribution is 2.19. The predicted molar refractivity (Wildman–Crippen MR) is 135 cm³/mol. The Kier molecular flexibility index (Phi) is 10.4. The quantitative estimate of drug-likeness (QED) is 0.213. The molecule has 3 aromatic rings. The molecule has 0 radical (unpaired) electrons. The largest absolute Gasteiger partial charge is 0.460 e. The summed E-state index contributed by atoms with van der Waals surface area (Å²) in [6.07, 6.45) is 8.20. The van der Waals surface area contributed by atoms with Crippen LogP contribution in [0.1, 0.15) is 49.3 Å². The minimum Gasteiger partial charge on any atom is -0.460 e. The Labute approximate surface area is 198 Å². The fourth-order valence-corrected chi connectivity index (χ4v) is 3.84. The van der Waals surface area contributed by atoms with Crippen LogP contribution in [0.5, 0.6) is 0 Å². The van der Waals surface area contributed by atoms with Gasteiger partial charge in [0.25, 0.3) is 0 Å². The number of carbonyl (C=O) groups excluding carboxylic acids is 1. The molecule has 0 amide bonds. The van der Waals surface area contributed by atoms with Crippen molar-refractivity contribution in [3.8, 4) is 0 Å². The highest BCUT2D eigenvalue weighted by atomic mass is 16.5. The van der Waals surface area contributed by atoms with Crippen LogP contribution in [0.2, 0.25) is 0 Å². The maximum atomic E-state index is 13.4. The van der Waals surface area contributed by atoms with Crippen molar-refractivity contribution in [2.45, 2.75) is 58.3 Å². The molecule has 0 heterocycles. The minimum atomic E-state index is -0.319. The molecule has 0 aromatic heterocycles. The summed E-state index contributed by atoms with van der Waals surface area (Å²) < 4.78 is 5.82. The Balaban J connectivity index is 1.79. The molecule has 0 aliphatic carbocycles. The van der Waals surface area contributed by atoms with Crippen LogP contribution in [0, 0.1) is 0 Å². The first-order valence-corrected chi connectivity index (χ1v) is 11.9. The summed E-state index contributed by atoms with van der Waals surface area (Å²) in [5.41, 5.74) is 3.39. The number of hydrogen-bond donors (Lipinski definition) is 0. The van der Waals surface area contributed by atoms with E-state index in [1.165, 1.54) is 11.1 Å². The van der Waals surface area contributed by atoms with Crippen molar-refractivity contribution in [2.24, 2.45) is 0 Å². The van der Waals surface area contributed by atoms with Gasteiger partial charge in [-0.3, -0.25) is 9.69 Å². The zero-order valence-electron chi connectivity index (χ0n) is 19.6. The van der Waals surface area contributed by atoms with Crippen molar-refractivity contribution in [1.82, 2.24) is 4.90 Å². The number of allylic oxidation sites excluding steroid dienone is 2. The molecule has 0 aliphatic rings. The summed E-state index contributed by atoms with van der Waals surface area (Å²) in [5.74, 6) is -0.158. The van der Waals surface area contributed by atoms with Crippen molar-refractivity contribution in [3.63, 3.8) is 0 Å². The predicted octanol–water partition coefficient (Wildman–Crippen LogP) is 6.94. The van der Waals surface area contributed by atoms with Crippen LogP contribution < -0.4 is 0 Å². The molecule has 172 valence electrons. The maximum Gasteiger partial charge on any atom is 0.323 e. The second kappa shape index (κ2) is 14.1. The fourth-order valence-electron chi connectivity index (χ4n) is 3.84. The normalized spacial score (nSPS) is 12.2. The van der Waals surface area contributed by atoms with Crippen molar-refractivity contribution in [1.29, 1.82) is 0 Å². The zero-order valence-corrected chi connectivity index (χ0v) is 19.6. The lowest BCUT2D eigenvalue weighted by Gasteiger charge is -2.30. The highest BCUT2D eigenvalue weighted by molar-refractivity contribution is 5.75. The van der Waals surface area contributed by atoms with E-state index < -0.39 is 0 Å². The molecule has 0 N–H and O–H groups in total. The molecule has 3 heteroatoms. The van der Waals surface area contributed by atoms with Gasteiger partial charge in [0.15, 0.2) is 0 Å². The standard InChI is InChI=1S/C30H35NO2/c1-2-3-4-5-15-22-29(30(32)33-25-28-20-13-8-14-21-28)31(23-26-16-9-6-10-17-26)24-27-18-11-7-12-19-27/h4-14,16-21,29H,2-3,15,22-25H2,1H3/t29-/m0/s1. The van der Waals surface area contributed by atoms with Crippen LogP contribution in [0.25, 0.3) is 0 Å². The molecule has 3 nitrogen and oxygen atoms in total. The number of ether oxygens (including phenoxy) is 1. The zero-order chi connectivity index (χ0) is 23.1. The molecule has 0 aliphatic heterocycles. The molecule has 33 heavy (non-hydrogen) atoms. The fraction of sp³-hybridized carbons (Fsp3) is 0.300. The summed E-state index contributed by atoms with van der Waals surface area (Å²) in [4.78, 5) is 15.6. The molecule has 0 saturated heterocycles. The number of carbonyl (C=O) groups is 1. The molecule has 0 spiro atoms. The number of unbranched alkanes of at least 4 members (excludes halogenated alkanes) is 1. The van der Waals surface area contributed by atoms with Crippen molar-refractivity contribution < 1.29 is 9.53 Å². The number of hydrogen-bond acceptors (Lipinski definition) is 3. The van der Waals surface area contributed by atoms with E-state index in [4.69, 9.17) is 4.74 Å². The first kappa shape index (κ1) is 24.5. The summed E-state index contributed by atoms with van der Waals surface area (Å²) in [6.45, 7) is 3.86. The smallest absolute Gasteiger partial charge is 0.323 e. The van der Waals surface area contributed by atoms with Crippen molar-refractivity contribution in [2.75, 3.05) is 0 Å². The van der Waals surface area contributed by atoms with E-state index in [0.717, 1.165) is 31.2 Å². The molecule has 1 atom stereocenters. The third-order valence-electron chi connectivity index (χ3n) is 5.62. The number of nitrogens with zero attached hydrogens (tertiary/aromatic N) is 1. The van der Waals surface area contributed by atoms with Gasteiger partial charge in [0.1, 0.15) is 12.6 Å². The van der Waals surface area contributed by atoms with E-state index in [2.05, 4.69) is 48.2 Å². The number of rotatable bonds is 13. The van der Waals surface area contributed by atoms with Gasteiger partial charge >= 0.3 is 5.97 Å². The second-order valence-electron chi connectivity index (χ2n) is 8.32. The van der Waals surface area contributed by atoms with Gasteiger partial charge in [-0.25, -0.2) is 0 Å². The van der Waals surface area contributed by atoms with Crippen molar-refractivity contribution >= 4 is 5.97 Å².